The van der Waals surface area contributed by atoms with Gasteiger partial charge in [0, 0.05) is 79.6 Å². The predicted molar refractivity (Wildman–Crippen MR) is 118 cm³/mol. The molecule has 0 radical (unpaired) electrons. The maximum Gasteiger partial charge on any atom is 0.253 e. The first-order chi connectivity index (χ1) is 20.1. The second kappa shape index (κ2) is 13.8. The minimum Gasteiger partial charge on any atom is -0.336 e. The fraction of sp³-hybridized carbons (Fsp3) is 0.364. The zero-order chi connectivity index (χ0) is 35.1. The summed E-state index contributed by atoms with van der Waals surface area (Å²) in [7, 11) is 0. The van der Waals surface area contributed by atoms with E-state index >= 15 is 0 Å². The van der Waals surface area contributed by atoms with Gasteiger partial charge in [-0.1, -0.05) is 48.5 Å². The highest BCUT2D eigenvalue weighted by Gasteiger charge is 2.16. The van der Waals surface area contributed by atoms with E-state index in [1.165, 1.54) is 24.3 Å². The number of piperazine rings is 2. The van der Waals surface area contributed by atoms with Crippen molar-refractivity contribution in [2.24, 2.45) is 0 Å². The molecule has 0 aromatic heterocycles. The average molecular weight is 433 g/mol. The Morgan fingerprint density at radius 1 is 0.724 bits per heavy atom. The number of amides is 1. The summed E-state index contributed by atoms with van der Waals surface area (Å²) < 4.78 is 119. The van der Waals surface area contributed by atoms with E-state index in [0.29, 0.717) is 5.56 Å². The van der Waals surface area contributed by atoms with Gasteiger partial charge in [0.25, 0.3) is 11.1 Å². The van der Waals surface area contributed by atoms with Crippen molar-refractivity contribution in [1.82, 2.24) is 20.9 Å². The number of carbonyl (C=O) groups excluding carboxylic acids is 2. The summed E-state index contributed by atoms with van der Waals surface area (Å²) in [6, 6.07) is 16.0. The lowest BCUT2D eigenvalue weighted by Gasteiger charge is -2.27. The van der Waals surface area contributed by atoms with Crippen molar-refractivity contribution in [3.8, 4) is 0 Å². The largest absolute Gasteiger partial charge is 0.336 e. The standard InChI is InChI=1S/C11H14N2O.C7H5ClO.C4H10N2/c14-11(10-4-2-1-3-5-10)13-8-6-12-7-9-13;8-7(9)6-4-2-1-3-5-6;1-2-6-4-3-5-1/h1-5,12H,6-9H2;1-5H;5-6H,1-4H2/i6D2,7D2,8D2,9D2;;1D2,2D2,3D2,4D2. The zero-order valence-electron chi connectivity index (χ0n) is 30.9. The van der Waals surface area contributed by atoms with Gasteiger partial charge in [-0.25, -0.2) is 0 Å². The van der Waals surface area contributed by atoms with Gasteiger partial charge in [0.1, 0.15) is 0 Å². The van der Waals surface area contributed by atoms with Crippen molar-refractivity contribution in [2.75, 3.05) is 52.0 Å². The van der Waals surface area contributed by atoms with Crippen molar-refractivity contribution < 1.29 is 31.5 Å². The van der Waals surface area contributed by atoms with Crippen LogP contribution in [0, 0.1) is 0 Å². The van der Waals surface area contributed by atoms with Gasteiger partial charge in [0.05, 0.1) is 5.48 Å². The molecule has 2 aromatic carbocycles. The average Bonchev–Trinajstić information content (AvgIpc) is 2.87. The Hall–Kier alpha value is -2.25. The lowest BCUT2D eigenvalue weighted by Crippen LogP contribution is -2.46. The van der Waals surface area contributed by atoms with Gasteiger partial charge >= 0.3 is 0 Å². The number of hydrogen-bond donors (Lipinski definition) is 3. The van der Waals surface area contributed by atoms with Gasteiger partial charge in [-0.2, -0.15) is 0 Å². The second-order valence-corrected chi connectivity index (χ2v) is 5.34. The van der Waals surface area contributed by atoms with Crippen LogP contribution in [0.25, 0.3) is 0 Å². The Morgan fingerprint density at radius 3 is 1.55 bits per heavy atom. The van der Waals surface area contributed by atoms with E-state index in [4.69, 9.17) is 33.5 Å². The Bertz CT molecular complexity index is 1290. The molecule has 2 fully saturated rings. The van der Waals surface area contributed by atoms with Crippen LogP contribution >= 0.6 is 11.6 Å². The van der Waals surface area contributed by atoms with E-state index in [0.717, 1.165) is 0 Å². The predicted octanol–water partition coefficient (Wildman–Crippen LogP) is 1.98. The third-order valence-electron chi connectivity index (χ3n) is 3.06. The number of carbonyl (C=O) groups is 2. The summed E-state index contributed by atoms with van der Waals surface area (Å²) in [5, 5.41) is 4.60. The van der Waals surface area contributed by atoms with Crippen LogP contribution in [0.5, 0.6) is 0 Å². The molecule has 0 atom stereocenters. The van der Waals surface area contributed by atoms with E-state index in [1.54, 1.807) is 46.3 Å². The summed E-state index contributed by atoms with van der Waals surface area (Å²) in [6.45, 7) is -22.9. The SMILES string of the molecule is O=C(Cl)c1ccccc1.[2H]C1([2H])NC([2H])([2H])C([2H])([2H])N(C(=O)c2ccccc2)C1([2H])[2H].[2H]C1([2H])NC([2H])([2H])C([2H])([2H])NC1([2H])[2H]. The van der Waals surface area contributed by atoms with E-state index in [2.05, 4.69) is 0 Å². The number of benzene rings is 2. The van der Waals surface area contributed by atoms with Crippen molar-refractivity contribution >= 4 is 22.8 Å². The van der Waals surface area contributed by atoms with Crippen molar-refractivity contribution in [2.45, 2.75) is 0 Å². The number of nitrogens with zero attached hydrogens (tertiary/aromatic N) is 1. The van der Waals surface area contributed by atoms with E-state index in [1.807, 2.05) is 6.07 Å². The van der Waals surface area contributed by atoms with Crippen LogP contribution in [0.2, 0.25) is 0 Å². The van der Waals surface area contributed by atoms with Crippen LogP contribution in [0.3, 0.4) is 0 Å². The summed E-state index contributed by atoms with van der Waals surface area (Å²) in [5.74, 6) is -1.13. The quantitative estimate of drug-likeness (QED) is 0.633. The molecule has 0 bridgehead atoms. The van der Waals surface area contributed by atoms with Gasteiger partial charge in [-0.3, -0.25) is 9.59 Å². The number of halogens is 1. The molecule has 2 aliphatic rings. The van der Waals surface area contributed by atoms with Crippen LogP contribution in [0.4, 0.5) is 0 Å². The molecule has 0 aliphatic carbocycles. The minimum absolute atomic E-state index is 0.00810. The summed E-state index contributed by atoms with van der Waals surface area (Å²) in [4.78, 5) is 22.9. The first-order valence-corrected chi connectivity index (χ1v) is 8.47. The summed E-state index contributed by atoms with van der Waals surface area (Å²) in [5.41, 5.74) is 0.475. The lowest BCUT2D eigenvalue weighted by atomic mass is 10.2. The molecule has 1 amide bonds. The van der Waals surface area contributed by atoms with Crippen molar-refractivity contribution in [3.05, 3.63) is 71.8 Å². The molecule has 3 N–H and O–H groups in total. The van der Waals surface area contributed by atoms with E-state index in [-0.39, 0.29) is 10.5 Å². The number of nitrogens with one attached hydrogen (secondary N) is 3. The van der Waals surface area contributed by atoms with Gasteiger partial charge in [-0.15, -0.1) is 0 Å². The maximum atomic E-state index is 12.5. The molecule has 2 aromatic rings. The van der Waals surface area contributed by atoms with Gasteiger partial charge in [-0.05, 0) is 23.7 Å². The molecular weight excluding hydrogens is 388 g/mol. The normalized spacial score (nSPS) is 37.9. The molecule has 2 aliphatic heterocycles. The number of rotatable bonds is 2. The minimum atomic E-state index is -3.10. The molecule has 156 valence electrons. The molecule has 7 heteroatoms. The molecular formula is C22H29ClN4O2. The molecule has 29 heavy (non-hydrogen) atoms. The molecule has 4 rings (SSSR count). The zero-order valence-corrected chi connectivity index (χ0v) is 15.7. The highest BCUT2D eigenvalue weighted by atomic mass is 35.5. The monoisotopic (exact) mass is 432 g/mol. The van der Waals surface area contributed by atoms with Crippen molar-refractivity contribution in [3.63, 3.8) is 0 Å². The Balaban J connectivity index is 0.000000261. The Labute approximate surface area is 200 Å². The number of hydrogen-bond acceptors (Lipinski definition) is 5. The smallest absolute Gasteiger partial charge is 0.253 e. The molecule has 0 spiro atoms. The molecule has 0 unspecified atom stereocenters. The van der Waals surface area contributed by atoms with Crippen LogP contribution in [0.15, 0.2) is 60.7 Å². The van der Waals surface area contributed by atoms with Crippen LogP contribution in [-0.4, -0.2) is 68.0 Å². The third kappa shape index (κ3) is 9.19. The first kappa shape index (κ1) is 9.27. The van der Waals surface area contributed by atoms with E-state index in [9.17, 15) is 9.59 Å². The lowest BCUT2D eigenvalue weighted by molar-refractivity contribution is 0.0735. The first-order valence-electron chi connectivity index (χ1n) is 16.1. The molecule has 6 nitrogen and oxygen atoms in total. The molecule has 2 saturated heterocycles. The van der Waals surface area contributed by atoms with Gasteiger partial charge < -0.3 is 20.9 Å². The Kier molecular flexibility index (Phi) is 4.42. The van der Waals surface area contributed by atoms with Crippen LogP contribution < -0.4 is 16.0 Å². The van der Waals surface area contributed by atoms with Gasteiger partial charge in [0.15, 0.2) is 0 Å². The Morgan fingerprint density at radius 2 is 1.14 bits per heavy atom. The highest BCUT2D eigenvalue weighted by Crippen LogP contribution is 2.05. The van der Waals surface area contributed by atoms with Crippen LogP contribution in [-0.2, 0) is 0 Å². The van der Waals surface area contributed by atoms with Crippen LogP contribution in [0.1, 0.15) is 42.6 Å². The summed E-state index contributed by atoms with van der Waals surface area (Å²) >= 11 is 5.16. The topological polar surface area (TPSA) is 73.5 Å². The molecule has 2 heterocycles. The van der Waals surface area contributed by atoms with Gasteiger partial charge in [0.2, 0.25) is 0 Å². The fourth-order valence-electron chi connectivity index (χ4n) is 1.79. The third-order valence-corrected chi connectivity index (χ3v) is 3.28. The molecule has 0 saturated carbocycles. The van der Waals surface area contributed by atoms with Crippen molar-refractivity contribution in [1.29, 1.82) is 0 Å². The second-order valence-electron chi connectivity index (χ2n) is 4.99. The maximum absolute atomic E-state index is 12.5. The highest BCUT2D eigenvalue weighted by molar-refractivity contribution is 6.67. The van der Waals surface area contributed by atoms with E-state index < -0.39 is 63.1 Å². The summed E-state index contributed by atoms with van der Waals surface area (Å²) in [6.07, 6.45) is 0. The fourth-order valence-corrected chi connectivity index (χ4v) is 1.92.